The molecule has 0 fully saturated rings. The first-order chi connectivity index (χ1) is 6.13. The van der Waals surface area contributed by atoms with Crippen LogP contribution in [-0.2, 0) is 0 Å². The summed E-state index contributed by atoms with van der Waals surface area (Å²) in [7, 11) is 0. The molecule has 0 saturated heterocycles. The molecule has 0 saturated carbocycles. The fourth-order valence-electron chi connectivity index (χ4n) is 1.01. The third kappa shape index (κ3) is 3.11. The van der Waals surface area contributed by atoms with Gasteiger partial charge in [-0.15, -0.1) is 0 Å². The van der Waals surface area contributed by atoms with E-state index in [-0.39, 0.29) is 6.04 Å². The monoisotopic (exact) mass is 302 g/mol. The lowest BCUT2D eigenvalue weighted by atomic mass is 10.1. The topological polar surface area (TPSA) is 49.8 Å². The first-order valence-corrected chi connectivity index (χ1v) is 5.30. The van der Waals surface area contributed by atoms with Crippen LogP contribution in [0.4, 0.5) is 0 Å². The van der Waals surface area contributed by atoms with Crippen LogP contribution < -0.4 is 5.73 Å². The zero-order valence-corrected chi connectivity index (χ0v) is 9.97. The van der Waals surface area contributed by atoms with Crippen molar-refractivity contribution in [2.24, 2.45) is 5.73 Å². The molecule has 1 atom stereocenters. The van der Waals surface area contributed by atoms with Gasteiger partial charge in [-0.3, -0.25) is 0 Å². The molecule has 0 aliphatic heterocycles. The van der Waals surface area contributed by atoms with Crippen LogP contribution >= 0.6 is 31.9 Å². The van der Waals surface area contributed by atoms with Crippen LogP contribution in [0.1, 0.15) is 18.0 Å². The molecule has 2 N–H and O–H groups in total. The summed E-state index contributed by atoms with van der Waals surface area (Å²) in [6.07, 6.45) is 0.336. The van der Waals surface area contributed by atoms with E-state index in [1.54, 1.807) is 0 Å². The highest BCUT2D eigenvalue weighted by Gasteiger charge is 2.06. The maximum absolute atomic E-state index is 8.48. The summed E-state index contributed by atoms with van der Waals surface area (Å²) in [4.78, 5) is 0. The van der Waals surface area contributed by atoms with Crippen molar-refractivity contribution in [2.75, 3.05) is 0 Å². The van der Waals surface area contributed by atoms with Crippen LogP contribution in [0.5, 0.6) is 0 Å². The number of hydrogen-bond donors (Lipinski definition) is 1. The van der Waals surface area contributed by atoms with Gasteiger partial charge in [-0.1, -0.05) is 31.9 Å². The van der Waals surface area contributed by atoms with Gasteiger partial charge in [-0.25, -0.2) is 0 Å². The molecule has 0 amide bonds. The minimum absolute atomic E-state index is 0.209. The van der Waals surface area contributed by atoms with E-state index in [4.69, 9.17) is 11.0 Å². The van der Waals surface area contributed by atoms with Gasteiger partial charge in [0.25, 0.3) is 0 Å². The molecular formula is C9H8Br2N2. The van der Waals surface area contributed by atoms with E-state index in [0.29, 0.717) is 6.42 Å². The number of nitrogens with two attached hydrogens (primary N) is 1. The van der Waals surface area contributed by atoms with Crippen molar-refractivity contribution < 1.29 is 0 Å². The second-order valence-electron chi connectivity index (χ2n) is 2.67. The fraction of sp³-hybridized carbons (Fsp3) is 0.222. The van der Waals surface area contributed by atoms with Crippen molar-refractivity contribution >= 4 is 31.9 Å². The second kappa shape index (κ2) is 4.75. The molecule has 0 aromatic heterocycles. The molecule has 68 valence electrons. The van der Waals surface area contributed by atoms with Crippen molar-refractivity contribution in [1.82, 2.24) is 0 Å². The summed E-state index contributed by atoms with van der Waals surface area (Å²) < 4.78 is 1.93. The normalized spacial score (nSPS) is 12.2. The number of benzene rings is 1. The van der Waals surface area contributed by atoms with Crippen molar-refractivity contribution in [1.29, 1.82) is 5.26 Å². The minimum atomic E-state index is -0.209. The van der Waals surface area contributed by atoms with Crippen LogP contribution in [-0.4, -0.2) is 0 Å². The molecule has 0 heterocycles. The molecule has 1 rings (SSSR count). The van der Waals surface area contributed by atoms with Gasteiger partial charge in [0.2, 0.25) is 0 Å². The Morgan fingerprint density at radius 3 is 2.31 bits per heavy atom. The van der Waals surface area contributed by atoms with Crippen LogP contribution in [0, 0.1) is 11.3 Å². The number of halogens is 2. The maximum Gasteiger partial charge on any atom is 0.0641 e. The number of rotatable bonds is 2. The Labute approximate surface area is 94.0 Å². The molecule has 0 aliphatic carbocycles. The van der Waals surface area contributed by atoms with Crippen molar-refractivity contribution in [3.63, 3.8) is 0 Å². The minimum Gasteiger partial charge on any atom is -0.323 e. The Bertz CT molecular complexity index is 324. The Kier molecular flexibility index (Phi) is 3.91. The average Bonchev–Trinajstić information content (AvgIpc) is 2.03. The average molecular weight is 304 g/mol. The van der Waals surface area contributed by atoms with Crippen LogP contribution in [0.15, 0.2) is 27.1 Å². The number of nitrogens with zero attached hydrogens (tertiary/aromatic N) is 1. The lowest BCUT2D eigenvalue weighted by Gasteiger charge is -2.08. The third-order valence-electron chi connectivity index (χ3n) is 1.62. The summed E-state index contributed by atoms with van der Waals surface area (Å²) >= 11 is 6.73. The molecule has 1 aromatic rings. The highest BCUT2D eigenvalue weighted by atomic mass is 79.9. The van der Waals surface area contributed by atoms with Crippen molar-refractivity contribution in [3.8, 4) is 6.07 Å². The summed E-state index contributed by atoms with van der Waals surface area (Å²) in [6.45, 7) is 0. The Morgan fingerprint density at radius 2 is 1.85 bits per heavy atom. The maximum atomic E-state index is 8.48. The quantitative estimate of drug-likeness (QED) is 0.912. The molecular weight excluding hydrogens is 296 g/mol. The van der Waals surface area contributed by atoms with Crippen LogP contribution in [0.2, 0.25) is 0 Å². The van der Waals surface area contributed by atoms with E-state index in [9.17, 15) is 0 Å². The largest absolute Gasteiger partial charge is 0.323 e. The number of nitriles is 1. The van der Waals surface area contributed by atoms with Gasteiger partial charge in [0.05, 0.1) is 12.5 Å². The van der Waals surface area contributed by atoms with Gasteiger partial charge in [-0.2, -0.15) is 5.26 Å². The van der Waals surface area contributed by atoms with Gasteiger partial charge in [0.15, 0.2) is 0 Å². The zero-order chi connectivity index (χ0) is 9.84. The van der Waals surface area contributed by atoms with E-state index in [1.807, 2.05) is 24.3 Å². The smallest absolute Gasteiger partial charge is 0.0641 e. The molecule has 0 aliphatic rings. The summed E-state index contributed by atoms with van der Waals surface area (Å²) in [5.74, 6) is 0. The van der Waals surface area contributed by atoms with Crippen molar-refractivity contribution in [2.45, 2.75) is 12.5 Å². The summed E-state index contributed by atoms with van der Waals surface area (Å²) in [6, 6.07) is 7.62. The predicted molar refractivity (Wildman–Crippen MR) is 59.0 cm³/mol. The Balaban J connectivity index is 2.95. The van der Waals surface area contributed by atoms with E-state index in [2.05, 4.69) is 31.9 Å². The predicted octanol–water partition coefficient (Wildman–Crippen LogP) is 3.13. The Morgan fingerprint density at radius 1 is 1.31 bits per heavy atom. The molecule has 13 heavy (non-hydrogen) atoms. The Hall–Kier alpha value is -0.370. The van der Waals surface area contributed by atoms with Gasteiger partial charge >= 0.3 is 0 Å². The van der Waals surface area contributed by atoms with Crippen LogP contribution in [0.3, 0.4) is 0 Å². The van der Waals surface area contributed by atoms with Gasteiger partial charge < -0.3 is 5.73 Å². The molecule has 1 aromatic carbocycles. The van der Waals surface area contributed by atoms with E-state index >= 15 is 0 Å². The molecule has 0 unspecified atom stereocenters. The SMILES string of the molecule is N#CC[C@H](N)c1cc(Br)cc(Br)c1. The van der Waals surface area contributed by atoms with Crippen LogP contribution in [0.25, 0.3) is 0 Å². The lowest BCUT2D eigenvalue weighted by Crippen LogP contribution is -2.09. The van der Waals surface area contributed by atoms with Gasteiger partial charge in [0, 0.05) is 15.0 Å². The second-order valence-corrected chi connectivity index (χ2v) is 4.50. The van der Waals surface area contributed by atoms with E-state index < -0.39 is 0 Å². The first kappa shape index (κ1) is 10.7. The fourth-order valence-corrected chi connectivity index (χ4v) is 2.33. The highest BCUT2D eigenvalue weighted by molar-refractivity contribution is 9.11. The van der Waals surface area contributed by atoms with E-state index in [1.165, 1.54) is 0 Å². The van der Waals surface area contributed by atoms with Gasteiger partial charge in [-0.05, 0) is 23.8 Å². The number of hydrogen-bond acceptors (Lipinski definition) is 2. The summed E-state index contributed by atoms with van der Waals surface area (Å²) in [5, 5.41) is 8.48. The third-order valence-corrected chi connectivity index (χ3v) is 2.54. The van der Waals surface area contributed by atoms with Gasteiger partial charge in [0.1, 0.15) is 0 Å². The molecule has 0 spiro atoms. The standard InChI is InChI=1S/C9H8Br2N2/c10-7-3-6(4-8(11)5-7)9(13)1-2-12/h3-5,9H,1,13H2/t9-/m0/s1. The first-order valence-electron chi connectivity index (χ1n) is 3.72. The molecule has 2 nitrogen and oxygen atoms in total. The lowest BCUT2D eigenvalue weighted by molar-refractivity contribution is 0.747. The van der Waals surface area contributed by atoms with Crippen molar-refractivity contribution in [3.05, 3.63) is 32.7 Å². The highest BCUT2D eigenvalue weighted by Crippen LogP contribution is 2.24. The molecule has 0 radical (unpaired) electrons. The summed E-state index contributed by atoms with van der Waals surface area (Å²) in [5.41, 5.74) is 6.74. The molecule has 4 heteroatoms. The molecule has 0 bridgehead atoms. The zero-order valence-electron chi connectivity index (χ0n) is 6.80. The van der Waals surface area contributed by atoms with E-state index in [0.717, 1.165) is 14.5 Å².